The molecule has 0 N–H and O–H groups in total. The van der Waals surface area contributed by atoms with Crippen LogP contribution in [0.4, 0.5) is 0 Å². The summed E-state index contributed by atoms with van der Waals surface area (Å²) in [4.78, 5) is 0. The van der Waals surface area contributed by atoms with Gasteiger partial charge in [0.2, 0.25) is 0 Å². The van der Waals surface area contributed by atoms with E-state index >= 15 is 0 Å². The van der Waals surface area contributed by atoms with E-state index < -0.39 is 0 Å². The summed E-state index contributed by atoms with van der Waals surface area (Å²) in [5, 5.41) is 0. The Labute approximate surface area is 193 Å². The Morgan fingerprint density at radius 3 is 1.19 bits per heavy atom. The van der Waals surface area contributed by atoms with Gasteiger partial charge in [0.25, 0.3) is 0 Å². The van der Waals surface area contributed by atoms with Crippen molar-refractivity contribution in [2.75, 3.05) is 6.79 Å². The average Bonchev–Trinajstić information content (AvgIpc) is 2.84. The van der Waals surface area contributed by atoms with Crippen molar-refractivity contribution in [3.05, 3.63) is 0 Å². The maximum atomic E-state index is 6.08. The van der Waals surface area contributed by atoms with Gasteiger partial charge in [-0.25, -0.2) is 0 Å². The standard InChI is InChI=1S/C29H52O2/c1-3-7-24(8-4-1)11-12-25-13-15-26(16-14-25)17-18-27-19-21-29(22-20-27)31-23-30-28-9-5-2-6-10-28/h24-29H,1-23H2. The second-order valence-electron chi connectivity index (χ2n) is 11.9. The van der Waals surface area contributed by atoms with Gasteiger partial charge in [0.1, 0.15) is 6.79 Å². The van der Waals surface area contributed by atoms with E-state index in [1.165, 1.54) is 116 Å². The molecule has 2 nitrogen and oxygen atoms in total. The summed E-state index contributed by atoms with van der Waals surface area (Å²) >= 11 is 0. The van der Waals surface area contributed by atoms with Gasteiger partial charge in [-0.1, -0.05) is 103 Å². The number of hydrogen-bond donors (Lipinski definition) is 0. The van der Waals surface area contributed by atoms with Crippen molar-refractivity contribution in [2.45, 2.75) is 153 Å². The Bertz CT molecular complexity index is 449. The molecule has 0 atom stereocenters. The van der Waals surface area contributed by atoms with E-state index in [1.807, 2.05) is 0 Å². The van der Waals surface area contributed by atoms with Gasteiger partial charge in [-0.05, 0) is 62.2 Å². The fourth-order valence-electron chi connectivity index (χ4n) is 7.28. The summed E-state index contributed by atoms with van der Waals surface area (Å²) < 4.78 is 12.1. The predicted molar refractivity (Wildman–Crippen MR) is 130 cm³/mol. The van der Waals surface area contributed by atoms with Gasteiger partial charge in [0.15, 0.2) is 0 Å². The highest BCUT2D eigenvalue weighted by Crippen LogP contribution is 2.38. The monoisotopic (exact) mass is 432 g/mol. The molecule has 180 valence electrons. The Balaban J connectivity index is 1.00. The van der Waals surface area contributed by atoms with Crippen molar-refractivity contribution in [1.29, 1.82) is 0 Å². The molecule has 0 bridgehead atoms. The van der Waals surface area contributed by atoms with Gasteiger partial charge in [-0.15, -0.1) is 0 Å². The maximum Gasteiger partial charge on any atom is 0.147 e. The van der Waals surface area contributed by atoms with E-state index in [0.717, 1.165) is 23.7 Å². The van der Waals surface area contributed by atoms with Crippen LogP contribution < -0.4 is 0 Å². The molecule has 0 aliphatic heterocycles. The van der Waals surface area contributed by atoms with Crippen LogP contribution in [-0.2, 0) is 9.47 Å². The topological polar surface area (TPSA) is 18.5 Å². The molecule has 0 saturated heterocycles. The summed E-state index contributed by atoms with van der Waals surface area (Å²) in [6.45, 7) is 0.546. The molecule has 0 amide bonds. The van der Waals surface area contributed by atoms with Crippen LogP contribution in [0.15, 0.2) is 0 Å². The Kier molecular flexibility index (Phi) is 10.5. The van der Waals surface area contributed by atoms with Crippen LogP contribution >= 0.6 is 0 Å². The molecule has 0 unspecified atom stereocenters. The summed E-state index contributed by atoms with van der Waals surface area (Å²) in [6, 6.07) is 0. The minimum atomic E-state index is 0.472. The second-order valence-corrected chi connectivity index (χ2v) is 11.9. The molecular formula is C29H52O2. The third-order valence-corrected chi connectivity index (χ3v) is 9.61. The molecule has 4 aliphatic carbocycles. The molecule has 31 heavy (non-hydrogen) atoms. The quantitative estimate of drug-likeness (QED) is 0.321. The van der Waals surface area contributed by atoms with Crippen molar-refractivity contribution in [3.63, 3.8) is 0 Å². The lowest BCUT2D eigenvalue weighted by Gasteiger charge is -2.33. The van der Waals surface area contributed by atoms with Crippen molar-refractivity contribution in [2.24, 2.45) is 23.7 Å². The Morgan fingerprint density at radius 1 is 0.355 bits per heavy atom. The van der Waals surface area contributed by atoms with Gasteiger partial charge < -0.3 is 9.47 Å². The van der Waals surface area contributed by atoms with Gasteiger partial charge in [-0.2, -0.15) is 0 Å². The molecule has 0 aromatic carbocycles. The molecule has 0 heterocycles. The molecular weight excluding hydrogens is 380 g/mol. The van der Waals surface area contributed by atoms with Crippen LogP contribution in [0.1, 0.15) is 141 Å². The molecule has 0 aromatic rings. The van der Waals surface area contributed by atoms with Crippen LogP contribution in [0.2, 0.25) is 0 Å². The van der Waals surface area contributed by atoms with Crippen LogP contribution in [0.3, 0.4) is 0 Å². The normalized spacial score (nSPS) is 34.1. The predicted octanol–water partition coefficient (Wildman–Crippen LogP) is 8.82. The maximum absolute atomic E-state index is 6.08. The molecule has 2 heteroatoms. The molecule has 4 saturated carbocycles. The second kappa shape index (κ2) is 13.6. The van der Waals surface area contributed by atoms with E-state index in [2.05, 4.69) is 0 Å². The highest BCUT2D eigenvalue weighted by atomic mass is 16.7. The number of rotatable bonds is 10. The zero-order chi connectivity index (χ0) is 21.1. The minimum absolute atomic E-state index is 0.472. The molecule has 0 aromatic heterocycles. The van der Waals surface area contributed by atoms with Gasteiger partial charge in [0.05, 0.1) is 12.2 Å². The van der Waals surface area contributed by atoms with E-state index in [0.29, 0.717) is 19.0 Å². The van der Waals surface area contributed by atoms with E-state index in [-0.39, 0.29) is 0 Å². The lowest BCUT2D eigenvalue weighted by atomic mass is 9.74. The van der Waals surface area contributed by atoms with Crippen LogP contribution in [-0.4, -0.2) is 19.0 Å². The minimum Gasteiger partial charge on any atom is -0.352 e. The zero-order valence-corrected chi connectivity index (χ0v) is 20.5. The van der Waals surface area contributed by atoms with E-state index in [1.54, 1.807) is 25.7 Å². The molecule has 4 rings (SSSR count). The number of hydrogen-bond acceptors (Lipinski definition) is 2. The van der Waals surface area contributed by atoms with Crippen LogP contribution in [0.5, 0.6) is 0 Å². The number of ether oxygens (including phenoxy) is 2. The smallest absolute Gasteiger partial charge is 0.147 e. The summed E-state index contributed by atoms with van der Waals surface area (Å²) in [5.41, 5.74) is 0. The fourth-order valence-corrected chi connectivity index (χ4v) is 7.28. The van der Waals surface area contributed by atoms with Crippen molar-refractivity contribution >= 4 is 0 Å². The Morgan fingerprint density at radius 2 is 0.710 bits per heavy atom. The SMILES string of the molecule is C1CCC(CCC2CCC(CCC3CCC(OCOC4CCCCC4)CC3)CC2)CC1. The van der Waals surface area contributed by atoms with Gasteiger partial charge in [-0.3, -0.25) is 0 Å². The lowest BCUT2D eigenvalue weighted by Crippen LogP contribution is -2.25. The largest absolute Gasteiger partial charge is 0.352 e. The van der Waals surface area contributed by atoms with Gasteiger partial charge >= 0.3 is 0 Å². The highest BCUT2D eigenvalue weighted by molar-refractivity contribution is 4.78. The van der Waals surface area contributed by atoms with E-state index in [9.17, 15) is 0 Å². The highest BCUT2D eigenvalue weighted by Gasteiger charge is 2.26. The van der Waals surface area contributed by atoms with Crippen molar-refractivity contribution in [1.82, 2.24) is 0 Å². The molecule has 0 spiro atoms. The first-order valence-corrected chi connectivity index (χ1v) is 14.6. The third-order valence-electron chi connectivity index (χ3n) is 9.61. The fraction of sp³-hybridized carbons (Fsp3) is 1.00. The molecule has 0 radical (unpaired) electrons. The van der Waals surface area contributed by atoms with Gasteiger partial charge in [0, 0.05) is 0 Å². The van der Waals surface area contributed by atoms with Crippen LogP contribution in [0.25, 0.3) is 0 Å². The van der Waals surface area contributed by atoms with Crippen molar-refractivity contribution in [3.8, 4) is 0 Å². The first-order valence-electron chi connectivity index (χ1n) is 14.6. The first-order chi connectivity index (χ1) is 15.3. The molecule has 4 aliphatic rings. The lowest BCUT2D eigenvalue weighted by molar-refractivity contribution is -0.133. The summed E-state index contributed by atoms with van der Waals surface area (Å²) in [7, 11) is 0. The van der Waals surface area contributed by atoms with Crippen molar-refractivity contribution < 1.29 is 9.47 Å². The average molecular weight is 433 g/mol. The molecule has 4 fully saturated rings. The summed E-state index contributed by atoms with van der Waals surface area (Å²) in [5.74, 6) is 4.18. The third kappa shape index (κ3) is 8.65. The van der Waals surface area contributed by atoms with Crippen LogP contribution in [0, 0.1) is 23.7 Å². The van der Waals surface area contributed by atoms with E-state index in [4.69, 9.17) is 9.47 Å². The first kappa shape index (κ1) is 24.1. The zero-order valence-electron chi connectivity index (χ0n) is 20.5. The Hall–Kier alpha value is -0.0800. The summed E-state index contributed by atoms with van der Waals surface area (Å²) in [6.07, 6.45) is 32.7.